The minimum absolute atomic E-state index is 0.174. The summed E-state index contributed by atoms with van der Waals surface area (Å²) in [5.74, 6) is -0.577. The maximum atomic E-state index is 12.2. The molecule has 3 rings (SSSR count). The number of nitriles is 1. The first-order valence-corrected chi connectivity index (χ1v) is 7.69. The predicted molar refractivity (Wildman–Crippen MR) is 85.4 cm³/mol. The Balaban J connectivity index is 1.88. The van der Waals surface area contributed by atoms with Crippen LogP contribution in [-0.4, -0.2) is 72.2 Å². The zero-order valence-corrected chi connectivity index (χ0v) is 13.6. The van der Waals surface area contributed by atoms with Crippen LogP contribution < -0.4 is 4.90 Å². The highest BCUT2D eigenvalue weighted by atomic mass is 16.4. The first kappa shape index (κ1) is 16.1. The summed E-state index contributed by atoms with van der Waals surface area (Å²) in [6.07, 6.45) is 1.60. The minimum atomic E-state index is -1.02. The quantitative estimate of drug-likeness (QED) is 0.846. The van der Waals surface area contributed by atoms with E-state index in [1.54, 1.807) is 37.3 Å². The Labute approximate surface area is 139 Å². The van der Waals surface area contributed by atoms with Crippen LogP contribution in [0.4, 0.5) is 10.6 Å². The van der Waals surface area contributed by atoms with Crippen molar-refractivity contribution in [3.63, 3.8) is 0 Å². The summed E-state index contributed by atoms with van der Waals surface area (Å²) in [5, 5.41) is 19.1. The Kier molecular flexibility index (Phi) is 3.79. The van der Waals surface area contributed by atoms with Crippen LogP contribution in [-0.2, 0) is 4.79 Å². The lowest BCUT2D eigenvalue weighted by molar-refractivity contribution is -0.148. The average molecular weight is 329 g/mol. The molecule has 0 unspecified atom stereocenters. The molecule has 2 aliphatic rings. The lowest BCUT2D eigenvalue weighted by Crippen LogP contribution is -2.44. The number of aliphatic carboxylic acids is 1. The molecule has 1 aromatic heterocycles. The Hall–Kier alpha value is -2.82. The summed E-state index contributed by atoms with van der Waals surface area (Å²) in [5.41, 5.74) is -0.588. The smallest absolute Gasteiger partial charge is 0.319 e. The van der Waals surface area contributed by atoms with Gasteiger partial charge in [-0.1, -0.05) is 0 Å². The third kappa shape index (κ3) is 2.33. The van der Waals surface area contributed by atoms with Crippen molar-refractivity contribution in [2.75, 3.05) is 45.2 Å². The first-order valence-electron chi connectivity index (χ1n) is 7.69. The standard InChI is InChI=1S/C16H19N5O3/c1-19(2)15(24)21-8-12-7-20(9-16(12,10-21)14(22)23)13-11(6-17)4-3-5-18-13/h3-5,12H,7-10H2,1-2H3,(H,22,23)/t12-,16-/m1/s1. The highest BCUT2D eigenvalue weighted by Crippen LogP contribution is 2.44. The highest BCUT2D eigenvalue weighted by Gasteiger charge is 2.59. The number of nitrogens with zero attached hydrogens (tertiary/aromatic N) is 5. The Morgan fingerprint density at radius 1 is 1.42 bits per heavy atom. The number of anilines is 1. The van der Waals surface area contributed by atoms with Gasteiger partial charge in [0.1, 0.15) is 17.3 Å². The van der Waals surface area contributed by atoms with Gasteiger partial charge < -0.3 is 19.8 Å². The van der Waals surface area contributed by atoms with Crippen LogP contribution in [0.15, 0.2) is 18.3 Å². The fourth-order valence-electron chi connectivity index (χ4n) is 3.69. The average Bonchev–Trinajstić information content (AvgIpc) is 3.09. The van der Waals surface area contributed by atoms with Crippen LogP contribution in [0.5, 0.6) is 0 Å². The van der Waals surface area contributed by atoms with Crippen LogP contribution >= 0.6 is 0 Å². The lowest BCUT2D eigenvalue weighted by atomic mass is 9.81. The predicted octanol–water partition coefficient (Wildman–Crippen LogP) is 0.458. The molecule has 2 saturated heterocycles. The molecule has 1 aromatic rings. The molecule has 0 radical (unpaired) electrons. The van der Waals surface area contributed by atoms with Gasteiger partial charge in [-0.3, -0.25) is 4.79 Å². The minimum Gasteiger partial charge on any atom is -0.481 e. The van der Waals surface area contributed by atoms with Crippen molar-refractivity contribution in [3.05, 3.63) is 23.9 Å². The van der Waals surface area contributed by atoms with Crippen molar-refractivity contribution in [3.8, 4) is 6.07 Å². The van der Waals surface area contributed by atoms with E-state index in [-0.39, 0.29) is 25.0 Å². The van der Waals surface area contributed by atoms with Gasteiger partial charge in [0.05, 0.1) is 5.56 Å². The van der Waals surface area contributed by atoms with E-state index in [4.69, 9.17) is 0 Å². The molecule has 3 heterocycles. The van der Waals surface area contributed by atoms with Crippen LogP contribution in [0, 0.1) is 22.7 Å². The highest BCUT2D eigenvalue weighted by molar-refractivity contribution is 5.82. The van der Waals surface area contributed by atoms with Gasteiger partial charge in [-0.15, -0.1) is 0 Å². The zero-order valence-electron chi connectivity index (χ0n) is 13.6. The number of pyridine rings is 1. The van der Waals surface area contributed by atoms with Gasteiger partial charge in [0.15, 0.2) is 0 Å². The largest absolute Gasteiger partial charge is 0.481 e. The van der Waals surface area contributed by atoms with E-state index in [0.29, 0.717) is 24.5 Å². The number of carbonyl (C=O) groups excluding carboxylic acids is 1. The second-order valence-electron chi connectivity index (χ2n) is 6.58. The number of hydrogen-bond donors (Lipinski definition) is 1. The fraction of sp³-hybridized carbons (Fsp3) is 0.500. The molecule has 24 heavy (non-hydrogen) atoms. The number of urea groups is 1. The van der Waals surface area contributed by atoms with E-state index in [9.17, 15) is 20.0 Å². The molecule has 0 bridgehead atoms. The van der Waals surface area contributed by atoms with Gasteiger partial charge in [0.2, 0.25) is 0 Å². The molecular weight excluding hydrogens is 310 g/mol. The van der Waals surface area contributed by atoms with Crippen molar-refractivity contribution in [1.29, 1.82) is 5.26 Å². The van der Waals surface area contributed by atoms with E-state index in [1.807, 2.05) is 4.90 Å². The number of amides is 2. The maximum absolute atomic E-state index is 12.2. The van der Waals surface area contributed by atoms with E-state index < -0.39 is 11.4 Å². The molecule has 8 heteroatoms. The summed E-state index contributed by atoms with van der Waals surface area (Å²) in [6.45, 7) is 1.29. The molecule has 126 valence electrons. The van der Waals surface area contributed by atoms with Gasteiger partial charge >= 0.3 is 12.0 Å². The van der Waals surface area contributed by atoms with E-state index in [0.717, 1.165) is 0 Å². The third-order valence-electron chi connectivity index (χ3n) is 4.89. The van der Waals surface area contributed by atoms with E-state index in [1.165, 1.54) is 4.90 Å². The number of aromatic nitrogens is 1. The van der Waals surface area contributed by atoms with Crippen LogP contribution in [0.1, 0.15) is 5.56 Å². The summed E-state index contributed by atoms with van der Waals surface area (Å²) < 4.78 is 0. The third-order valence-corrected chi connectivity index (χ3v) is 4.89. The summed E-state index contributed by atoms with van der Waals surface area (Å²) in [4.78, 5) is 33.4. The molecule has 2 fully saturated rings. The summed E-state index contributed by atoms with van der Waals surface area (Å²) in [7, 11) is 3.31. The van der Waals surface area contributed by atoms with Crippen LogP contribution in [0.2, 0.25) is 0 Å². The lowest BCUT2D eigenvalue weighted by Gasteiger charge is -2.27. The van der Waals surface area contributed by atoms with E-state index >= 15 is 0 Å². The number of carbonyl (C=O) groups is 2. The summed E-state index contributed by atoms with van der Waals surface area (Å²) >= 11 is 0. The Morgan fingerprint density at radius 3 is 2.75 bits per heavy atom. The molecule has 2 aliphatic heterocycles. The number of hydrogen-bond acceptors (Lipinski definition) is 5. The molecule has 2 atom stereocenters. The monoisotopic (exact) mass is 329 g/mol. The van der Waals surface area contributed by atoms with Crippen molar-refractivity contribution in [2.24, 2.45) is 11.3 Å². The molecule has 0 saturated carbocycles. The molecule has 1 N–H and O–H groups in total. The van der Waals surface area contributed by atoms with Crippen molar-refractivity contribution in [1.82, 2.24) is 14.8 Å². The molecule has 0 aromatic carbocycles. The SMILES string of the molecule is CN(C)C(=O)N1C[C@H]2CN(c3ncccc3C#N)C[C@@]2(C(=O)O)C1. The maximum Gasteiger partial charge on any atom is 0.319 e. The zero-order chi connectivity index (χ0) is 17.5. The van der Waals surface area contributed by atoms with Crippen molar-refractivity contribution in [2.45, 2.75) is 0 Å². The van der Waals surface area contributed by atoms with Crippen LogP contribution in [0.25, 0.3) is 0 Å². The Morgan fingerprint density at radius 2 is 2.17 bits per heavy atom. The second-order valence-corrected chi connectivity index (χ2v) is 6.58. The number of rotatable bonds is 2. The Bertz CT molecular complexity index is 729. The molecular formula is C16H19N5O3. The molecule has 8 nitrogen and oxygen atoms in total. The molecule has 0 aliphatic carbocycles. The van der Waals surface area contributed by atoms with Gasteiger partial charge in [0, 0.05) is 52.4 Å². The number of carboxylic acid groups (broad SMARTS) is 1. The molecule has 0 spiro atoms. The fourth-order valence-corrected chi connectivity index (χ4v) is 3.69. The van der Waals surface area contributed by atoms with Gasteiger partial charge in [-0.2, -0.15) is 5.26 Å². The number of carboxylic acids is 1. The van der Waals surface area contributed by atoms with Gasteiger partial charge in [-0.05, 0) is 12.1 Å². The summed E-state index contributed by atoms with van der Waals surface area (Å²) in [6, 6.07) is 5.28. The first-order chi connectivity index (χ1) is 11.4. The van der Waals surface area contributed by atoms with Crippen molar-refractivity contribution < 1.29 is 14.7 Å². The van der Waals surface area contributed by atoms with E-state index in [2.05, 4.69) is 11.1 Å². The molecule has 2 amide bonds. The topological polar surface area (TPSA) is 101 Å². The van der Waals surface area contributed by atoms with Crippen molar-refractivity contribution >= 4 is 17.8 Å². The van der Waals surface area contributed by atoms with Crippen LogP contribution in [0.3, 0.4) is 0 Å². The normalized spacial score (nSPS) is 25.3. The van der Waals surface area contributed by atoms with Gasteiger partial charge in [0.25, 0.3) is 0 Å². The van der Waals surface area contributed by atoms with Gasteiger partial charge in [-0.25, -0.2) is 9.78 Å². The number of likely N-dealkylation sites (tertiary alicyclic amines) is 1. The number of fused-ring (bicyclic) bond motifs is 1. The second kappa shape index (κ2) is 5.67.